The van der Waals surface area contributed by atoms with Crippen molar-refractivity contribution in [1.29, 1.82) is 0 Å². The summed E-state index contributed by atoms with van der Waals surface area (Å²) in [5, 5.41) is 5.53. The molecule has 0 aromatic heterocycles. The van der Waals surface area contributed by atoms with Crippen LogP contribution in [0.4, 0.5) is 4.79 Å². The van der Waals surface area contributed by atoms with Crippen LogP contribution in [-0.2, 0) is 14.3 Å². The van der Waals surface area contributed by atoms with Gasteiger partial charge in [0.25, 0.3) is 0 Å². The Morgan fingerprint density at radius 1 is 1.23 bits per heavy atom. The summed E-state index contributed by atoms with van der Waals surface area (Å²) < 4.78 is 9.82. The van der Waals surface area contributed by atoms with Gasteiger partial charge in [-0.15, -0.1) is 0 Å². The van der Waals surface area contributed by atoms with Crippen molar-refractivity contribution >= 4 is 12.0 Å². The summed E-state index contributed by atoms with van der Waals surface area (Å²) in [6.07, 6.45) is 0.392. The van der Waals surface area contributed by atoms with Crippen LogP contribution < -0.4 is 10.6 Å². The second-order valence-corrected chi connectivity index (χ2v) is 4.73. The third-order valence-corrected chi connectivity index (χ3v) is 3.01. The van der Waals surface area contributed by atoms with Gasteiger partial charge in [-0.2, -0.15) is 0 Å². The highest BCUT2D eigenvalue weighted by atomic mass is 16.5. The molecule has 122 valence electrons. The lowest BCUT2D eigenvalue weighted by atomic mass is 10.0. The monoisotopic (exact) mass is 308 g/mol. The van der Waals surface area contributed by atoms with E-state index in [-0.39, 0.29) is 18.9 Å². The van der Waals surface area contributed by atoms with Crippen LogP contribution in [0.25, 0.3) is 0 Å². The van der Waals surface area contributed by atoms with E-state index in [1.165, 1.54) is 0 Å². The Morgan fingerprint density at radius 2 is 1.95 bits per heavy atom. The fourth-order valence-electron chi connectivity index (χ4n) is 1.95. The minimum atomic E-state index is -0.525. The Hall–Kier alpha value is -2.08. The fourth-order valence-corrected chi connectivity index (χ4v) is 1.95. The van der Waals surface area contributed by atoms with Crippen LogP contribution >= 0.6 is 0 Å². The molecule has 0 saturated heterocycles. The molecule has 0 aliphatic heterocycles. The predicted molar refractivity (Wildman–Crippen MR) is 83.5 cm³/mol. The van der Waals surface area contributed by atoms with E-state index in [4.69, 9.17) is 9.47 Å². The maximum Gasteiger partial charge on any atom is 0.407 e. The lowest BCUT2D eigenvalue weighted by molar-refractivity contribution is -0.121. The highest BCUT2D eigenvalue weighted by Gasteiger charge is 2.18. The first-order valence-electron chi connectivity index (χ1n) is 7.41. The summed E-state index contributed by atoms with van der Waals surface area (Å²) in [6.45, 7) is 3.17. The van der Waals surface area contributed by atoms with Gasteiger partial charge in [0, 0.05) is 20.3 Å². The van der Waals surface area contributed by atoms with Crippen molar-refractivity contribution in [1.82, 2.24) is 10.6 Å². The Labute approximate surface area is 131 Å². The van der Waals surface area contributed by atoms with E-state index < -0.39 is 12.1 Å². The summed E-state index contributed by atoms with van der Waals surface area (Å²) >= 11 is 0. The van der Waals surface area contributed by atoms with E-state index in [0.717, 1.165) is 12.0 Å². The Bertz CT molecular complexity index is 451. The molecule has 0 unspecified atom stereocenters. The molecule has 1 atom stereocenters. The molecule has 1 aromatic rings. The fraction of sp³-hybridized carbons (Fsp3) is 0.500. The van der Waals surface area contributed by atoms with Gasteiger partial charge >= 0.3 is 6.09 Å². The molecule has 2 N–H and O–H groups in total. The normalized spacial score (nSPS) is 11.5. The zero-order valence-electron chi connectivity index (χ0n) is 13.1. The second-order valence-electron chi connectivity index (χ2n) is 4.73. The van der Waals surface area contributed by atoms with Crippen LogP contribution in [0.3, 0.4) is 0 Å². The van der Waals surface area contributed by atoms with Gasteiger partial charge in [0.15, 0.2) is 0 Å². The molecule has 0 aliphatic rings. The van der Waals surface area contributed by atoms with Crippen molar-refractivity contribution in [2.24, 2.45) is 0 Å². The van der Waals surface area contributed by atoms with Gasteiger partial charge in [-0.1, -0.05) is 30.3 Å². The maximum absolute atomic E-state index is 12.0. The van der Waals surface area contributed by atoms with Gasteiger partial charge in [0.1, 0.15) is 0 Å². The summed E-state index contributed by atoms with van der Waals surface area (Å²) in [5.74, 6) is -0.123. The third kappa shape index (κ3) is 7.08. The number of rotatable bonds is 9. The van der Waals surface area contributed by atoms with Crippen LogP contribution in [0.5, 0.6) is 0 Å². The van der Waals surface area contributed by atoms with Crippen molar-refractivity contribution in [3.05, 3.63) is 35.9 Å². The number of nitrogens with one attached hydrogen (secondary N) is 2. The van der Waals surface area contributed by atoms with Crippen molar-refractivity contribution in [2.75, 3.05) is 26.9 Å². The molecule has 1 aromatic carbocycles. The summed E-state index contributed by atoms with van der Waals surface area (Å²) in [6, 6.07) is 8.94. The zero-order valence-corrected chi connectivity index (χ0v) is 13.1. The number of hydrogen-bond acceptors (Lipinski definition) is 4. The van der Waals surface area contributed by atoms with E-state index in [0.29, 0.717) is 13.2 Å². The molecule has 0 heterocycles. The molecule has 0 radical (unpaired) electrons. The minimum Gasteiger partial charge on any atom is -0.450 e. The predicted octanol–water partition coefficient (Wildman–Crippen LogP) is 2.02. The van der Waals surface area contributed by atoms with Crippen LogP contribution in [-0.4, -0.2) is 38.9 Å². The number of ether oxygens (including phenoxy) is 2. The first-order chi connectivity index (χ1) is 10.7. The Balaban J connectivity index is 2.58. The van der Waals surface area contributed by atoms with E-state index in [1.54, 1.807) is 14.0 Å². The van der Waals surface area contributed by atoms with E-state index in [1.807, 2.05) is 30.3 Å². The average Bonchev–Trinajstić information content (AvgIpc) is 2.52. The largest absolute Gasteiger partial charge is 0.450 e. The molecule has 0 saturated carbocycles. The number of alkyl carbamates (subject to hydrolysis) is 1. The van der Waals surface area contributed by atoms with Gasteiger partial charge < -0.3 is 20.1 Å². The van der Waals surface area contributed by atoms with Crippen LogP contribution in [0.15, 0.2) is 30.3 Å². The number of hydrogen-bond donors (Lipinski definition) is 2. The average molecular weight is 308 g/mol. The number of benzene rings is 1. The Kier molecular flexibility index (Phi) is 8.67. The third-order valence-electron chi connectivity index (χ3n) is 3.01. The number of carbonyl (C=O) groups excluding carboxylic acids is 2. The topological polar surface area (TPSA) is 76.7 Å². The van der Waals surface area contributed by atoms with E-state index >= 15 is 0 Å². The van der Waals surface area contributed by atoms with Crippen molar-refractivity contribution in [3.8, 4) is 0 Å². The zero-order chi connectivity index (χ0) is 16.2. The Morgan fingerprint density at radius 3 is 2.59 bits per heavy atom. The highest BCUT2D eigenvalue weighted by molar-refractivity contribution is 5.78. The van der Waals surface area contributed by atoms with Crippen molar-refractivity contribution in [3.63, 3.8) is 0 Å². The van der Waals surface area contributed by atoms with Crippen molar-refractivity contribution < 1.29 is 19.1 Å². The molecule has 2 amide bonds. The number of carbonyl (C=O) groups is 2. The van der Waals surface area contributed by atoms with Gasteiger partial charge in [-0.25, -0.2) is 4.79 Å². The molecule has 6 heteroatoms. The van der Waals surface area contributed by atoms with Gasteiger partial charge in [0.2, 0.25) is 5.91 Å². The molecule has 1 rings (SSSR count). The van der Waals surface area contributed by atoms with Crippen LogP contribution in [0.1, 0.15) is 31.4 Å². The van der Waals surface area contributed by atoms with Gasteiger partial charge in [-0.05, 0) is 18.9 Å². The van der Waals surface area contributed by atoms with Crippen LogP contribution in [0.2, 0.25) is 0 Å². The quantitative estimate of drug-likeness (QED) is 0.684. The van der Waals surface area contributed by atoms with Crippen LogP contribution in [0, 0.1) is 0 Å². The van der Waals surface area contributed by atoms with Gasteiger partial charge in [0.05, 0.1) is 19.1 Å². The summed E-state index contributed by atoms with van der Waals surface area (Å²) in [4.78, 5) is 23.6. The van der Waals surface area contributed by atoms with Gasteiger partial charge in [-0.3, -0.25) is 4.79 Å². The lowest BCUT2D eigenvalue weighted by Gasteiger charge is -2.18. The molecule has 6 nitrogen and oxygen atoms in total. The molecule has 22 heavy (non-hydrogen) atoms. The first-order valence-corrected chi connectivity index (χ1v) is 7.41. The first kappa shape index (κ1) is 18.0. The molecule has 0 bridgehead atoms. The molecule has 0 fully saturated rings. The molecular weight excluding hydrogens is 284 g/mol. The molecular formula is C16H24N2O4. The van der Waals surface area contributed by atoms with Crippen molar-refractivity contribution in [2.45, 2.75) is 25.8 Å². The number of amides is 2. The maximum atomic E-state index is 12.0. The highest BCUT2D eigenvalue weighted by Crippen LogP contribution is 2.16. The van der Waals surface area contributed by atoms with E-state index in [2.05, 4.69) is 10.6 Å². The minimum absolute atomic E-state index is 0.123. The number of methoxy groups -OCH3 is 1. The summed E-state index contributed by atoms with van der Waals surface area (Å²) in [7, 11) is 1.62. The SMILES string of the molecule is CCOC(=O)N[C@H](CC(=O)NCCCOC)c1ccccc1. The standard InChI is InChI=1S/C16H24N2O4/c1-3-22-16(20)18-14(13-8-5-4-6-9-13)12-15(19)17-10-7-11-21-2/h4-6,8-9,14H,3,7,10-12H2,1-2H3,(H,17,19)(H,18,20)/t14-/m1/s1. The molecule has 0 aliphatic carbocycles. The van der Waals surface area contributed by atoms with E-state index in [9.17, 15) is 9.59 Å². The molecule has 0 spiro atoms. The summed E-state index contributed by atoms with van der Waals surface area (Å²) in [5.41, 5.74) is 0.864. The lowest BCUT2D eigenvalue weighted by Crippen LogP contribution is -2.34. The second kappa shape index (κ2) is 10.6. The smallest absolute Gasteiger partial charge is 0.407 e.